The van der Waals surface area contributed by atoms with E-state index in [1.54, 1.807) is 24.3 Å². The van der Waals surface area contributed by atoms with Crippen molar-refractivity contribution in [3.8, 4) is 0 Å². The summed E-state index contributed by atoms with van der Waals surface area (Å²) in [6.07, 6.45) is -6.86. The topological polar surface area (TPSA) is 62.5 Å². The van der Waals surface area contributed by atoms with Crippen molar-refractivity contribution >= 4 is 39.9 Å². The van der Waals surface area contributed by atoms with Crippen LogP contribution >= 0.6 is 11.8 Å². The number of thioether (sulfide) groups is 1. The monoisotopic (exact) mass is 514 g/mol. The number of nitrogens with zero attached hydrogens (tertiary/aromatic N) is 2. The number of β-amino-alcohol motifs (C(OH)–C–C–N with tert-alkyl or cyclic N) is 1. The molecule has 0 saturated carbocycles. The van der Waals surface area contributed by atoms with E-state index < -0.39 is 34.6 Å². The van der Waals surface area contributed by atoms with Crippen molar-refractivity contribution in [1.29, 1.82) is 0 Å². The molecule has 5 nitrogen and oxygen atoms in total. The summed E-state index contributed by atoms with van der Waals surface area (Å²) in [4.78, 5) is 25.3. The van der Waals surface area contributed by atoms with Crippen LogP contribution in [0.3, 0.4) is 0 Å². The predicted octanol–water partition coefficient (Wildman–Crippen LogP) is 5.76. The Morgan fingerprint density at radius 1 is 0.943 bits per heavy atom. The molecule has 0 bridgehead atoms. The van der Waals surface area contributed by atoms with Crippen molar-refractivity contribution < 1.29 is 41.0 Å². The molecule has 12 heteroatoms. The minimum absolute atomic E-state index is 0.114. The Morgan fingerprint density at radius 2 is 1.69 bits per heavy atom. The second kappa shape index (κ2) is 9.08. The molecule has 0 radical (unpaired) electrons. The average Bonchev–Trinajstić information content (AvgIpc) is 3.28. The largest absolute Gasteiger partial charge is 0.416 e. The second-order valence-corrected chi connectivity index (χ2v) is 8.68. The van der Waals surface area contributed by atoms with Gasteiger partial charge < -0.3 is 9.67 Å². The highest BCUT2D eigenvalue weighted by Crippen LogP contribution is 2.38. The number of carbonyl (C=O) groups excluding carboxylic acids is 2. The summed E-state index contributed by atoms with van der Waals surface area (Å²) in [6, 6.07) is 8.08. The molecule has 35 heavy (non-hydrogen) atoms. The van der Waals surface area contributed by atoms with Crippen LogP contribution in [0, 0.1) is 0 Å². The number of rotatable bonds is 5. The quantitative estimate of drug-likeness (QED) is 0.348. The number of aliphatic hydroxyl groups is 1. The molecule has 0 spiro atoms. The molecular formula is C23H16F6N2O3S. The number of hydrogen-bond donors (Lipinski definition) is 1. The van der Waals surface area contributed by atoms with E-state index in [4.69, 9.17) is 5.11 Å². The van der Waals surface area contributed by atoms with Crippen LogP contribution in [0.5, 0.6) is 0 Å². The van der Waals surface area contributed by atoms with Crippen LogP contribution in [0.25, 0.3) is 17.0 Å². The van der Waals surface area contributed by atoms with Crippen LogP contribution < -0.4 is 0 Å². The summed E-state index contributed by atoms with van der Waals surface area (Å²) in [7, 11) is 0. The number of aromatic nitrogens is 1. The highest BCUT2D eigenvalue weighted by Gasteiger charge is 2.38. The van der Waals surface area contributed by atoms with Gasteiger partial charge in [-0.1, -0.05) is 12.1 Å². The first-order chi connectivity index (χ1) is 16.4. The first kappa shape index (κ1) is 24.9. The predicted molar refractivity (Wildman–Crippen MR) is 117 cm³/mol. The molecule has 0 aliphatic carbocycles. The number of imide groups is 1. The van der Waals surface area contributed by atoms with Gasteiger partial charge in [0.25, 0.3) is 11.1 Å². The number of benzene rings is 2. The van der Waals surface area contributed by atoms with E-state index in [0.717, 1.165) is 22.7 Å². The highest BCUT2D eigenvalue weighted by molar-refractivity contribution is 8.18. The summed E-state index contributed by atoms with van der Waals surface area (Å²) < 4.78 is 80.7. The number of carbonyl (C=O) groups is 2. The summed E-state index contributed by atoms with van der Waals surface area (Å²) in [5.41, 5.74) is -1.95. The van der Waals surface area contributed by atoms with Crippen LogP contribution in [0.15, 0.2) is 53.6 Å². The summed E-state index contributed by atoms with van der Waals surface area (Å²) in [5, 5.41) is 9.10. The van der Waals surface area contributed by atoms with E-state index in [0.29, 0.717) is 22.5 Å². The molecule has 1 aliphatic rings. The van der Waals surface area contributed by atoms with Gasteiger partial charge in [0.05, 0.1) is 29.2 Å². The Hall–Kier alpha value is -3.25. The fourth-order valence-corrected chi connectivity index (χ4v) is 4.59. The molecule has 3 aromatic rings. The number of fused-ring (bicyclic) bond motifs is 1. The third kappa shape index (κ3) is 5.08. The zero-order valence-corrected chi connectivity index (χ0v) is 18.5. The first-order valence-electron chi connectivity index (χ1n) is 10.1. The Labute approximate surface area is 198 Å². The first-order valence-corrected chi connectivity index (χ1v) is 10.9. The van der Waals surface area contributed by atoms with Gasteiger partial charge in [-0.05, 0) is 59.3 Å². The van der Waals surface area contributed by atoms with Crippen molar-refractivity contribution in [3.63, 3.8) is 0 Å². The Balaban J connectivity index is 1.64. The fourth-order valence-electron chi connectivity index (χ4n) is 3.73. The molecule has 1 aliphatic heterocycles. The normalized spacial score (nSPS) is 16.2. The Kier molecular flexibility index (Phi) is 6.45. The maximum atomic E-state index is 13.5. The van der Waals surface area contributed by atoms with E-state index in [1.807, 2.05) is 0 Å². The molecule has 0 atom stereocenters. The van der Waals surface area contributed by atoms with Gasteiger partial charge in [-0.2, -0.15) is 26.3 Å². The molecule has 1 aromatic heterocycles. The lowest BCUT2D eigenvalue weighted by atomic mass is 10.0. The second-order valence-electron chi connectivity index (χ2n) is 7.69. The molecule has 4 rings (SSSR count). The van der Waals surface area contributed by atoms with Crippen LogP contribution in [0.1, 0.15) is 22.3 Å². The standard InChI is InChI=1S/C23H16F6N2O3S/c24-22(25,26)16-3-2-15(17(11-16)23(27,28)29)12-30-6-5-14-9-13(1-4-18(14)30)10-19-20(33)31(7-8-32)21(34)35-19/h1-6,9-11,32H,7-8,12H2/b19-10-. The van der Waals surface area contributed by atoms with E-state index in [2.05, 4.69) is 0 Å². The average molecular weight is 514 g/mol. The molecule has 2 heterocycles. The molecule has 0 unspecified atom stereocenters. The number of alkyl halides is 6. The smallest absolute Gasteiger partial charge is 0.395 e. The van der Waals surface area contributed by atoms with Gasteiger partial charge in [0.1, 0.15) is 0 Å². The molecule has 184 valence electrons. The maximum Gasteiger partial charge on any atom is 0.416 e. The molecule has 1 saturated heterocycles. The number of halogens is 6. The maximum absolute atomic E-state index is 13.5. The lowest BCUT2D eigenvalue weighted by Gasteiger charge is -2.17. The lowest BCUT2D eigenvalue weighted by molar-refractivity contribution is -0.143. The molecule has 1 fully saturated rings. The zero-order valence-electron chi connectivity index (χ0n) is 17.7. The van der Waals surface area contributed by atoms with E-state index in [-0.39, 0.29) is 36.2 Å². The van der Waals surface area contributed by atoms with Gasteiger partial charge in [-0.25, -0.2) is 0 Å². The van der Waals surface area contributed by atoms with Gasteiger partial charge >= 0.3 is 12.4 Å². The summed E-state index contributed by atoms with van der Waals surface area (Å²) in [6.45, 7) is -0.788. The fraction of sp³-hybridized carbons (Fsp3) is 0.217. The Bertz CT molecular complexity index is 1340. The molecule has 2 aromatic carbocycles. The SMILES string of the molecule is O=C1S/C(=C\c2ccc3c(ccn3Cc3ccc(C(F)(F)F)cc3C(F)(F)F)c2)C(=O)N1CCO. The summed E-state index contributed by atoms with van der Waals surface area (Å²) in [5.74, 6) is -0.534. The van der Waals surface area contributed by atoms with Crippen molar-refractivity contribution in [2.75, 3.05) is 13.2 Å². The van der Waals surface area contributed by atoms with Crippen LogP contribution in [0.2, 0.25) is 0 Å². The van der Waals surface area contributed by atoms with Gasteiger partial charge in [0.2, 0.25) is 0 Å². The van der Waals surface area contributed by atoms with Gasteiger partial charge in [0.15, 0.2) is 0 Å². The lowest BCUT2D eigenvalue weighted by Crippen LogP contribution is -2.30. The molecule has 2 amide bonds. The Morgan fingerprint density at radius 3 is 2.34 bits per heavy atom. The van der Waals surface area contributed by atoms with Crippen molar-refractivity contribution in [1.82, 2.24) is 9.47 Å². The number of amides is 2. The highest BCUT2D eigenvalue weighted by atomic mass is 32.2. The van der Waals surface area contributed by atoms with Gasteiger partial charge in [0, 0.05) is 23.6 Å². The third-order valence-corrected chi connectivity index (χ3v) is 6.28. The van der Waals surface area contributed by atoms with Crippen molar-refractivity contribution in [3.05, 3.63) is 75.8 Å². The number of hydrogen-bond acceptors (Lipinski definition) is 4. The molecular weight excluding hydrogens is 498 g/mol. The van der Waals surface area contributed by atoms with E-state index >= 15 is 0 Å². The minimum Gasteiger partial charge on any atom is -0.395 e. The van der Waals surface area contributed by atoms with Crippen LogP contribution in [-0.2, 0) is 23.7 Å². The van der Waals surface area contributed by atoms with E-state index in [9.17, 15) is 35.9 Å². The van der Waals surface area contributed by atoms with E-state index in [1.165, 1.54) is 16.8 Å². The third-order valence-electron chi connectivity index (χ3n) is 5.37. The zero-order chi connectivity index (χ0) is 25.5. The van der Waals surface area contributed by atoms with Crippen molar-refractivity contribution in [2.24, 2.45) is 0 Å². The van der Waals surface area contributed by atoms with Crippen LogP contribution in [0.4, 0.5) is 31.1 Å². The van der Waals surface area contributed by atoms with Crippen molar-refractivity contribution in [2.45, 2.75) is 18.9 Å². The number of aliphatic hydroxyl groups excluding tert-OH is 1. The van der Waals surface area contributed by atoms with Crippen LogP contribution in [-0.4, -0.2) is 38.9 Å². The van der Waals surface area contributed by atoms with Gasteiger partial charge in [-0.15, -0.1) is 0 Å². The van der Waals surface area contributed by atoms with Gasteiger partial charge in [-0.3, -0.25) is 14.5 Å². The summed E-state index contributed by atoms with van der Waals surface area (Å²) >= 11 is 0.731. The molecule has 1 N–H and O–H groups in total. The minimum atomic E-state index is -4.97.